The van der Waals surface area contributed by atoms with Crippen LogP contribution in [0, 0.1) is 23.2 Å². The fraction of sp³-hybridized carbons (Fsp3) is 0.364. The molecule has 1 aliphatic heterocycles. The molecule has 1 heterocycles. The van der Waals surface area contributed by atoms with Crippen LogP contribution in [0.1, 0.15) is 41.8 Å². The first-order valence-electron chi connectivity index (χ1n) is 9.56. The molecule has 0 aliphatic carbocycles. The molecule has 0 amide bonds. The van der Waals surface area contributed by atoms with Gasteiger partial charge >= 0.3 is 5.97 Å². The van der Waals surface area contributed by atoms with Crippen LogP contribution in [0.3, 0.4) is 0 Å². The van der Waals surface area contributed by atoms with E-state index in [0.29, 0.717) is 36.1 Å². The van der Waals surface area contributed by atoms with Crippen molar-refractivity contribution in [2.24, 2.45) is 11.8 Å². The minimum Gasteiger partial charge on any atom is -0.457 e. The maximum Gasteiger partial charge on any atom is 0.338 e. The van der Waals surface area contributed by atoms with Crippen LogP contribution in [-0.2, 0) is 21.4 Å². The van der Waals surface area contributed by atoms with E-state index in [1.54, 1.807) is 24.3 Å². The number of hydrogen-bond acceptors (Lipinski definition) is 5. The van der Waals surface area contributed by atoms with E-state index >= 15 is 0 Å². The molecule has 152 valence electrons. The number of rotatable bonds is 5. The van der Waals surface area contributed by atoms with Crippen molar-refractivity contribution in [2.75, 3.05) is 13.1 Å². The maximum atomic E-state index is 12.9. The molecule has 0 N–H and O–H groups in total. The molecule has 2 atom stereocenters. The summed E-state index contributed by atoms with van der Waals surface area (Å²) in [5.74, 6) is 0.0983. The number of sulfonamides is 1. The van der Waals surface area contributed by atoms with E-state index in [9.17, 15) is 13.2 Å². The smallest absolute Gasteiger partial charge is 0.338 e. The Hall–Kier alpha value is -2.69. The van der Waals surface area contributed by atoms with Crippen molar-refractivity contribution in [3.8, 4) is 6.07 Å². The number of esters is 1. The molecule has 29 heavy (non-hydrogen) atoms. The van der Waals surface area contributed by atoms with Gasteiger partial charge in [-0.2, -0.15) is 9.57 Å². The van der Waals surface area contributed by atoms with Crippen LogP contribution in [0.25, 0.3) is 0 Å². The predicted octanol–water partition coefficient (Wildman–Crippen LogP) is 3.58. The first kappa shape index (κ1) is 21.0. The summed E-state index contributed by atoms with van der Waals surface area (Å²) in [5.41, 5.74) is 1.49. The van der Waals surface area contributed by atoms with Gasteiger partial charge in [0, 0.05) is 13.1 Å². The minimum absolute atomic E-state index is 0.0396. The quantitative estimate of drug-likeness (QED) is 0.701. The van der Waals surface area contributed by atoms with Gasteiger partial charge < -0.3 is 4.74 Å². The average molecular weight is 413 g/mol. The van der Waals surface area contributed by atoms with E-state index in [2.05, 4.69) is 13.8 Å². The Morgan fingerprint density at radius 2 is 1.79 bits per heavy atom. The molecule has 1 aliphatic rings. The van der Waals surface area contributed by atoms with Crippen LogP contribution < -0.4 is 0 Å². The highest BCUT2D eigenvalue weighted by Gasteiger charge is 2.31. The lowest BCUT2D eigenvalue weighted by atomic mass is 9.94. The second-order valence-electron chi connectivity index (χ2n) is 7.68. The number of carbonyl (C=O) groups is 1. The molecule has 0 aromatic heterocycles. The van der Waals surface area contributed by atoms with Crippen molar-refractivity contribution in [1.82, 2.24) is 4.31 Å². The standard InChI is InChI=1S/C22H24N2O4S/c1-16-10-17(2)14-24(13-16)29(26,27)21-8-6-20(7-9-21)22(25)28-15-19-5-3-4-18(11-19)12-23/h3-9,11,16-17H,10,13-15H2,1-2H3/t16-,17-/m0/s1. The summed E-state index contributed by atoms with van der Waals surface area (Å²) in [4.78, 5) is 12.5. The summed E-state index contributed by atoms with van der Waals surface area (Å²) in [6.07, 6.45) is 1.02. The zero-order chi connectivity index (χ0) is 21.0. The molecular formula is C22H24N2O4S. The van der Waals surface area contributed by atoms with E-state index in [1.807, 2.05) is 6.07 Å². The lowest BCUT2D eigenvalue weighted by Crippen LogP contribution is -2.42. The first-order valence-corrected chi connectivity index (χ1v) is 11.0. The Morgan fingerprint density at radius 3 is 2.41 bits per heavy atom. The van der Waals surface area contributed by atoms with E-state index in [1.165, 1.54) is 28.6 Å². The lowest BCUT2D eigenvalue weighted by Gasteiger charge is -2.34. The molecule has 0 unspecified atom stereocenters. The highest BCUT2D eigenvalue weighted by Crippen LogP contribution is 2.26. The summed E-state index contributed by atoms with van der Waals surface area (Å²) in [5, 5.41) is 8.92. The lowest BCUT2D eigenvalue weighted by molar-refractivity contribution is 0.0472. The highest BCUT2D eigenvalue weighted by atomic mass is 32.2. The fourth-order valence-corrected chi connectivity index (χ4v) is 5.36. The Labute approximate surface area is 171 Å². The molecule has 3 rings (SSSR count). The third-order valence-electron chi connectivity index (χ3n) is 4.99. The van der Waals surface area contributed by atoms with E-state index in [0.717, 1.165) is 6.42 Å². The van der Waals surface area contributed by atoms with Gasteiger partial charge in [-0.05, 0) is 60.2 Å². The molecule has 0 saturated carbocycles. The second-order valence-corrected chi connectivity index (χ2v) is 9.62. The van der Waals surface area contributed by atoms with Gasteiger partial charge in [0.25, 0.3) is 0 Å². The van der Waals surface area contributed by atoms with Gasteiger partial charge in [-0.3, -0.25) is 0 Å². The van der Waals surface area contributed by atoms with Gasteiger partial charge in [0.15, 0.2) is 0 Å². The van der Waals surface area contributed by atoms with Crippen LogP contribution in [0.5, 0.6) is 0 Å². The van der Waals surface area contributed by atoms with Gasteiger partial charge in [-0.1, -0.05) is 26.0 Å². The molecule has 1 fully saturated rings. The third kappa shape index (κ3) is 5.03. The van der Waals surface area contributed by atoms with Crippen molar-refractivity contribution in [1.29, 1.82) is 5.26 Å². The first-order chi connectivity index (χ1) is 13.8. The van der Waals surface area contributed by atoms with Crippen LogP contribution in [-0.4, -0.2) is 31.8 Å². The van der Waals surface area contributed by atoms with Gasteiger partial charge in [0.2, 0.25) is 10.0 Å². The molecule has 0 bridgehead atoms. The number of carbonyl (C=O) groups excluding carboxylic acids is 1. The van der Waals surface area contributed by atoms with Crippen LogP contribution in [0.2, 0.25) is 0 Å². The molecule has 7 heteroatoms. The minimum atomic E-state index is -3.58. The second kappa shape index (κ2) is 8.76. The normalized spacial score (nSPS) is 20.0. The van der Waals surface area contributed by atoms with Crippen molar-refractivity contribution in [2.45, 2.75) is 31.8 Å². The summed E-state index contributed by atoms with van der Waals surface area (Å²) < 4.78 is 32.6. The number of piperidine rings is 1. The van der Waals surface area contributed by atoms with Crippen molar-refractivity contribution in [3.63, 3.8) is 0 Å². The molecule has 0 spiro atoms. The van der Waals surface area contributed by atoms with Crippen molar-refractivity contribution >= 4 is 16.0 Å². The topological polar surface area (TPSA) is 87.5 Å². The summed E-state index contributed by atoms with van der Waals surface area (Å²) in [6.45, 7) is 5.18. The highest BCUT2D eigenvalue weighted by molar-refractivity contribution is 7.89. The summed E-state index contributed by atoms with van der Waals surface area (Å²) in [6, 6.07) is 14.7. The number of nitriles is 1. The Morgan fingerprint density at radius 1 is 1.14 bits per heavy atom. The monoisotopic (exact) mass is 412 g/mol. The Kier molecular flexibility index (Phi) is 6.36. The van der Waals surface area contributed by atoms with Crippen LogP contribution >= 0.6 is 0 Å². The predicted molar refractivity (Wildman–Crippen MR) is 108 cm³/mol. The van der Waals surface area contributed by atoms with E-state index in [4.69, 9.17) is 10.00 Å². The molecule has 2 aromatic carbocycles. The zero-order valence-electron chi connectivity index (χ0n) is 16.5. The molecule has 2 aromatic rings. The molecule has 1 saturated heterocycles. The Balaban J connectivity index is 1.67. The van der Waals surface area contributed by atoms with Gasteiger partial charge in [-0.25, -0.2) is 13.2 Å². The fourth-order valence-electron chi connectivity index (χ4n) is 3.68. The van der Waals surface area contributed by atoms with Crippen LogP contribution in [0.4, 0.5) is 0 Å². The van der Waals surface area contributed by atoms with Gasteiger partial charge in [-0.15, -0.1) is 0 Å². The molecule has 0 radical (unpaired) electrons. The van der Waals surface area contributed by atoms with E-state index < -0.39 is 16.0 Å². The number of hydrogen-bond donors (Lipinski definition) is 0. The van der Waals surface area contributed by atoms with Gasteiger partial charge in [0.05, 0.1) is 22.1 Å². The molecular weight excluding hydrogens is 388 g/mol. The number of nitrogens with zero attached hydrogens (tertiary/aromatic N) is 2. The largest absolute Gasteiger partial charge is 0.457 e. The van der Waals surface area contributed by atoms with Crippen LogP contribution in [0.15, 0.2) is 53.4 Å². The third-order valence-corrected chi connectivity index (χ3v) is 6.84. The maximum absolute atomic E-state index is 12.9. The molecule has 6 nitrogen and oxygen atoms in total. The van der Waals surface area contributed by atoms with E-state index in [-0.39, 0.29) is 17.1 Å². The Bertz CT molecular complexity index is 1020. The SMILES string of the molecule is C[C@H]1C[C@H](C)CN(S(=O)(=O)c2ccc(C(=O)OCc3cccc(C#N)c3)cc2)C1. The number of benzene rings is 2. The van der Waals surface area contributed by atoms with Gasteiger partial charge in [0.1, 0.15) is 6.61 Å². The summed E-state index contributed by atoms with van der Waals surface area (Å²) in [7, 11) is -3.58. The average Bonchev–Trinajstić information content (AvgIpc) is 2.71. The zero-order valence-corrected chi connectivity index (χ0v) is 17.4. The summed E-state index contributed by atoms with van der Waals surface area (Å²) >= 11 is 0. The van der Waals surface area contributed by atoms with Crippen molar-refractivity contribution in [3.05, 3.63) is 65.2 Å². The number of ether oxygens (including phenoxy) is 1. The van der Waals surface area contributed by atoms with Crippen molar-refractivity contribution < 1.29 is 17.9 Å².